The van der Waals surface area contributed by atoms with Gasteiger partial charge in [0.05, 0.1) is 5.56 Å². The number of nitrogens with zero attached hydrogens (tertiary/aromatic N) is 1. The van der Waals surface area contributed by atoms with Crippen LogP contribution >= 0.6 is 11.3 Å². The first-order chi connectivity index (χ1) is 11.1. The second-order valence-electron chi connectivity index (χ2n) is 6.23. The molecule has 1 aromatic heterocycles. The molecule has 6 nitrogen and oxygen atoms in total. The zero-order valence-corrected chi connectivity index (χ0v) is 16.2. The standard InChI is InChI=1S/C17H26N2O4S/c1-9(2)19(10(3)4)14(21)8-23-17(22)15-11(5)12(6)24-16(15)18-13(7)20/h9-10H,8H2,1-7H3,(H,18,20). The minimum atomic E-state index is -0.596. The minimum absolute atomic E-state index is 0.0243. The van der Waals surface area contributed by atoms with Gasteiger partial charge in [-0.2, -0.15) is 0 Å². The third-order valence-corrected chi connectivity index (χ3v) is 4.73. The molecule has 0 unspecified atom stereocenters. The molecule has 1 rings (SSSR count). The highest BCUT2D eigenvalue weighted by atomic mass is 32.1. The number of nitrogens with one attached hydrogen (secondary N) is 1. The molecule has 1 heterocycles. The lowest BCUT2D eigenvalue weighted by molar-refractivity contribution is -0.138. The molecule has 0 spiro atoms. The Morgan fingerprint density at radius 2 is 1.67 bits per heavy atom. The predicted octanol–water partition coefficient (Wildman–Crippen LogP) is 3.13. The maximum Gasteiger partial charge on any atom is 0.341 e. The lowest BCUT2D eigenvalue weighted by atomic mass is 10.1. The van der Waals surface area contributed by atoms with Crippen LogP contribution < -0.4 is 5.32 Å². The number of rotatable bonds is 6. The van der Waals surface area contributed by atoms with E-state index in [1.54, 1.807) is 11.8 Å². The Hall–Kier alpha value is -1.89. The van der Waals surface area contributed by atoms with E-state index in [0.29, 0.717) is 10.6 Å². The summed E-state index contributed by atoms with van der Waals surface area (Å²) in [4.78, 5) is 38.6. The number of anilines is 1. The van der Waals surface area contributed by atoms with E-state index in [-0.39, 0.29) is 30.5 Å². The molecule has 0 fully saturated rings. The Kier molecular flexibility index (Phi) is 6.95. The minimum Gasteiger partial charge on any atom is -0.452 e. The molecular formula is C17H26N2O4S. The first-order valence-corrected chi connectivity index (χ1v) is 8.73. The Morgan fingerprint density at radius 1 is 1.12 bits per heavy atom. The monoisotopic (exact) mass is 354 g/mol. The average molecular weight is 354 g/mol. The van der Waals surface area contributed by atoms with Gasteiger partial charge in [0.2, 0.25) is 5.91 Å². The van der Waals surface area contributed by atoms with E-state index >= 15 is 0 Å². The van der Waals surface area contributed by atoms with Gasteiger partial charge in [0.1, 0.15) is 5.00 Å². The van der Waals surface area contributed by atoms with Crippen LogP contribution in [0.25, 0.3) is 0 Å². The van der Waals surface area contributed by atoms with E-state index in [4.69, 9.17) is 4.74 Å². The van der Waals surface area contributed by atoms with Crippen molar-refractivity contribution < 1.29 is 19.1 Å². The summed E-state index contributed by atoms with van der Waals surface area (Å²) in [7, 11) is 0. The largest absolute Gasteiger partial charge is 0.452 e. The first-order valence-electron chi connectivity index (χ1n) is 7.92. The van der Waals surface area contributed by atoms with Gasteiger partial charge in [-0.1, -0.05) is 0 Å². The molecule has 0 aliphatic carbocycles. The van der Waals surface area contributed by atoms with Crippen molar-refractivity contribution in [3.05, 3.63) is 16.0 Å². The van der Waals surface area contributed by atoms with Crippen molar-refractivity contribution in [2.75, 3.05) is 11.9 Å². The van der Waals surface area contributed by atoms with Crippen molar-refractivity contribution >= 4 is 34.1 Å². The molecule has 0 aromatic carbocycles. The van der Waals surface area contributed by atoms with Crippen molar-refractivity contribution in [3.63, 3.8) is 0 Å². The van der Waals surface area contributed by atoms with Crippen molar-refractivity contribution in [2.45, 2.75) is 60.5 Å². The van der Waals surface area contributed by atoms with Gasteiger partial charge in [0.15, 0.2) is 6.61 Å². The number of hydrogen-bond acceptors (Lipinski definition) is 5. The maximum absolute atomic E-state index is 12.4. The third kappa shape index (κ3) is 4.80. The summed E-state index contributed by atoms with van der Waals surface area (Å²) >= 11 is 1.32. The van der Waals surface area contributed by atoms with Crippen LogP contribution in [0, 0.1) is 13.8 Å². The first kappa shape index (κ1) is 20.2. The van der Waals surface area contributed by atoms with E-state index in [0.717, 1.165) is 10.4 Å². The third-order valence-electron chi connectivity index (χ3n) is 3.61. The van der Waals surface area contributed by atoms with Crippen LogP contribution in [0.2, 0.25) is 0 Å². The second-order valence-corrected chi connectivity index (χ2v) is 7.46. The molecule has 0 atom stereocenters. The number of thiophene rings is 1. The smallest absolute Gasteiger partial charge is 0.341 e. The van der Waals surface area contributed by atoms with Crippen LogP contribution in [0.3, 0.4) is 0 Å². The molecule has 7 heteroatoms. The second kappa shape index (κ2) is 8.28. The fourth-order valence-electron chi connectivity index (χ4n) is 2.57. The predicted molar refractivity (Wildman–Crippen MR) is 95.5 cm³/mol. The SMILES string of the molecule is CC(=O)Nc1sc(C)c(C)c1C(=O)OCC(=O)N(C(C)C)C(C)C. The summed E-state index contributed by atoms with van der Waals surface area (Å²) in [6, 6.07) is 0.0486. The van der Waals surface area contributed by atoms with Crippen LogP contribution in [-0.4, -0.2) is 41.4 Å². The molecule has 0 saturated heterocycles. The van der Waals surface area contributed by atoms with Crippen molar-refractivity contribution in [2.24, 2.45) is 0 Å². The maximum atomic E-state index is 12.4. The van der Waals surface area contributed by atoms with Crippen LogP contribution in [-0.2, 0) is 14.3 Å². The normalized spacial score (nSPS) is 10.9. The molecule has 0 radical (unpaired) electrons. The van der Waals surface area contributed by atoms with E-state index in [2.05, 4.69) is 5.32 Å². The summed E-state index contributed by atoms with van der Waals surface area (Å²) in [5.74, 6) is -1.09. The van der Waals surface area contributed by atoms with Crippen molar-refractivity contribution in [3.8, 4) is 0 Å². The molecule has 0 saturated carbocycles. The summed E-state index contributed by atoms with van der Waals surface area (Å²) in [5.41, 5.74) is 1.08. The quantitative estimate of drug-likeness (QED) is 0.797. The molecule has 0 aliphatic rings. The molecule has 134 valence electrons. The number of esters is 1. The molecule has 24 heavy (non-hydrogen) atoms. The van der Waals surface area contributed by atoms with E-state index < -0.39 is 5.97 Å². The number of ether oxygens (including phenoxy) is 1. The van der Waals surface area contributed by atoms with Gasteiger partial charge >= 0.3 is 5.97 Å². The molecule has 1 N–H and O–H groups in total. The summed E-state index contributed by atoms with van der Waals surface area (Å²) in [5, 5.41) is 3.10. The average Bonchev–Trinajstić information content (AvgIpc) is 2.69. The highest BCUT2D eigenvalue weighted by molar-refractivity contribution is 7.16. The zero-order chi connectivity index (χ0) is 18.6. The van der Waals surface area contributed by atoms with Crippen LogP contribution in [0.15, 0.2) is 0 Å². The summed E-state index contributed by atoms with van der Waals surface area (Å²) in [6.07, 6.45) is 0. The number of amides is 2. The van der Waals surface area contributed by atoms with Gasteiger partial charge in [-0.3, -0.25) is 9.59 Å². The topological polar surface area (TPSA) is 75.7 Å². The lowest BCUT2D eigenvalue weighted by Crippen LogP contribution is -2.44. The highest BCUT2D eigenvalue weighted by Crippen LogP contribution is 2.33. The number of carbonyl (C=O) groups is 3. The van der Waals surface area contributed by atoms with Gasteiger partial charge < -0.3 is 15.0 Å². The summed E-state index contributed by atoms with van der Waals surface area (Å²) < 4.78 is 5.21. The van der Waals surface area contributed by atoms with E-state index in [1.165, 1.54) is 18.3 Å². The van der Waals surface area contributed by atoms with Gasteiger partial charge in [0.25, 0.3) is 5.91 Å². The van der Waals surface area contributed by atoms with Crippen LogP contribution in [0.5, 0.6) is 0 Å². The van der Waals surface area contributed by atoms with E-state index in [1.807, 2.05) is 34.6 Å². The van der Waals surface area contributed by atoms with Crippen LogP contribution in [0.1, 0.15) is 55.4 Å². The van der Waals surface area contributed by atoms with Crippen molar-refractivity contribution in [1.29, 1.82) is 0 Å². The van der Waals surface area contributed by atoms with Gasteiger partial charge in [-0.25, -0.2) is 4.79 Å². The molecule has 1 aromatic rings. The fourth-order valence-corrected chi connectivity index (χ4v) is 3.66. The molecular weight excluding hydrogens is 328 g/mol. The Morgan fingerprint density at radius 3 is 2.12 bits per heavy atom. The number of hydrogen-bond donors (Lipinski definition) is 1. The Balaban J connectivity index is 2.89. The molecule has 2 amide bonds. The van der Waals surface area contributed by atoms with Gasteiger partial charge in [-0.15, -0.1) is 11.3 Å². The Bertz CT molecular complexity index is 627. The van der Waals surface area contributed by atoms with Gasteiger partial charge in [0, 0.05) is 23.9 Å². The Labute approximate surface area is 147 Å². The zero-order valence-electron chi connectivity index (χ0n) is 15.4. The van der Waals surface area contributed by atoms with Crippen molar-refractivity contribution in [1.82, 2.24) is 4.90 Å². The highest BCUT2D eigenvalue weighted by Gasteiger charge is 2.25. The molecule has 0 bridgehead atoms. The number of carbonyl (C=O) groups excluding carboxylic acids is 3. The van der Waals surface area contributed by atoms with E-state index in [9.17, 15) is 14.4 Å². The lowest BCUT2D eigenvalue weighted by Gasteiger charge is -2.30. The molecule has 0 aliphatic heterocycles. The summed E-state index contributed by atoms with van der Waals surface area (Å²) in [6.45, 7) is 12.4. The fraction of sp³-hybridized carbons (Fsp3) is 0.588. The van der Waals surface area contributed by atoms with Crippen LogP contribution in [0.4, 0.5) is 5.00 Å². The van der Waals surface area contributed by atoms with Gasteiger partial charge in [-0.05, 0) is 47.1 Å². The number of aryl methyl sites for hydroxylation is 1.